The molecule has 8 aromatic rings. The number of hydrogen-bond acceptors (Lipinski definition) is 2. The molecule has 3 aliphatic carbocycles. The average Bonchev–Trinajstić information content (AvgIpc) is 1.30. The number of alkyl halides is 16. The molecular weight excluding hydrogens is 1280 g/mol. The first-order chi connectivity index (χ1) is 44.0. The van der Waals surface area contributed by atoms with Crippen molar-refractivity contribution >= 4 is 56.2 Å². The zero-order chi connectivity index (χ0) is 68.0. The molecule has 0 radical (unpaired) electrons. The van der Waals surface area contributed by atoms with Crippen molar-refractivity contribution in [2.75, 3.05) is 0 Å². The third-order valence-electron chi connectivity index (χ3n) is 16.1. The molecule has 478 valence electrons. The minimum atomic E-state index is -5.61. The van der Waals surface area contributed by atoms with E-state index in [2.05, 4.69) is 0 Å². The zero-order valence-corrected chi connectivity index (χ0v) is 47.6. The van der Waals surface area contributed by atoms with Gasteiger partial charge in [0.15, 0.2) is 11.6 Å². The van der Waals surface area contributed by atoms with E-state index in [1.165, 1.54) is 0 Å². The van der Waals surface area contributed by atoms with Crippen molar-refractivity contribution in [2.24, 2.45) is 0 Å². The monoisotopic (exact) mass is 1310 g/mol. The molecule has 0 bridgehead atoms. The highest BCUT2D eigenvalue weighted by molar-refractivity contribution is 6.60. The van der Waals surface area contributed by atoms with Crippen LogP contribution in [0.15, 0.2) is 218 Å². The first-order valence-corrected chi connectivity index (χ1v) is 27.7. The Morgan fingerprint density at radius 3 is 0.798 bits per heavy atom. The van der Waals surface area contributed by atoms with Crippen LogP contribution in [-0.2, 0) is 39.7 Å². The normalized spacial score (nSPS) is 16.9. The van der Waals surface area contributed by atoms with E-state index in [-0.39, 0.29) is 45.5 Å². The molecule has 0 aliphatic heterocycles. The molecule has 2 nitrogen and oxygen atoms in total. The molecule has 0 fully saturated rings. The molecule has 8 aromatic carbocycles. The third kappa shape index (κ3) is 12.2. The minimum absolute atomic E-state index is 0.197. The first-order valence-electron chi connectivity index (χ1n) is 27.7. The molecular formula is C72H38F20O2. The van der Waals surface area contributed by atoms with Crippen LogP contribution in [0, 0.1) is 23.3 Å². The summed E-state index contributed by atoms with van der Waals surface area (Å²) in [5.41, 5.74) is -23.9. The van der Waals surface area contributed by atoms with Gasteiger partial charge in [0.05, 0.1) is 22.3 Å². The van der Waals surface area contributed by atoms with Crippen molar-refractivity contribution in [1.29, 1.82) is 0 Å². The van der Waals surface area contributed by atoms with Gasteiger partial charge >= 0.3 is 30.9 Å². The van der Waals surface area contributed by atoms with Gasteiger partial charge in [-0.1, -0.05) is 115 Å². The van der Waals surface area contributed by atoms with E-state index in [0.29, 0.717) is 24.3 Å². The molecule has 1 atom stereocenters. The van der Waals surface area contributed by atoms with E-state index >= 15 is 27.2 Å². The maximum absolute atomic E-state index is 17.2. The van der Waals surface area contributed by atoms with Crippen LogP contribution in [0.3, 0.4) is 0 Å². The fourth-order valence-corrected chi connectivity index (χ4v) is 11.8. The summed E-state index contributed by atoms with van der Waals surface area (Å²) in [6, 6.07) is 22.6. The average molecular weight is 1320 g/mol. The lowest BCUT2D eigenvalue weighted by atomic mass is 9.67. The van der Waals surface area contributed by atoms with Crippen molar-refractivity contribution in [3.05, 3.63) is 319 Å². The maximum atomic E-state index is 17.2. The van der Waals surface area contributed by atoms with Gasteiger partial charge in [-0.05, 0) is 165 Å². The Labute approximate surface area is 519 Å². The highest BCUT2D eigenvalue weighted by atomic mass is 19.4. The summed E-state index contributed by atoms with van der Waals surface area (Å²) >= 11 is 0. The Bertz CT molecular complexity index is 4270. The Balaban J connectivity index is 1.18. The number of ketones is 2. The number of benzene rings is 8. The van der Waals surface area contributed by atoms with Crippen molar-refractivity contribution in [3.8, 4) is 0 Å². The third-order valence-corrected chi connectivity index (χ3v) is 16.1. The van der Waals surface area contributed by atoms with Gasteiger partial charge < -0.3 is 0 Å². The second-order valence-corrected chi connectivity index (χ2v) is 22.1. The summed E-state index contributed by atoms with van der Waals surface area (Å²) < 4.78 is 302. The predicted octanol–water partition coefficient (Wildman–Crippen LogP) is 21.2. The van der Waals surface area contributed by atoms with Gasteiger partial charge in [-0.2, -0.15) is 65.9 Å². The summed E-state index contributed by atoms with van der Waals surface area (Å²) in [6.07, 6.45) is -23.3. The van der Waals surface area contributed by atoms with E-state index in [9.17, 15) is 70.2 Å². The summed E-state index contributed by atoms with van der Waals surface area (Å²) in [6.45, 7) is 0.987. The summed E-state index contributed by atoms with van der Waals surface area (Å²) in [5, 5.41) is 0. The van der Waals surface area contributed by atoms with Gasteiger partial charge in [0.1, 0.15) is 34.4 Å². The zero-order valence-electron chi connectivity index (χ0n) is 47.6. The number of carbonyl (C=O) groups excluding carboxylic acids is 2. The van der Waals surface area contributed by atoms with Gasteiger partial charge in [-0.25, -0.2) is 22.0 Å². The topological polar surface area (TPSA) is 34.1 Å². The van der Waals surface area contributed by atoms with Crippen molar-refractivity contribution in [3.63, 3.8) is 0 Å². The molecule has 0 amide bonds. The van der Waals surface area contributed by atoms with E-state index in [0.717, 1.165) is 183 Å². The van der Waals surface area contributed by atoms with E-state index in [1.54, 1.807) is 0 Å². The van der Waals surface area contributed by atoms with Crippen LogP contribution in [0.1, 0.15) is 84.8 Å². The molecule has 11 rings (SSSR count). The highest BCUT2D eigenvalue weighted by Crippen LogP contribution is 2.57. The number of rotatable bonds is 11. The molecule has 0 saturated carbocycles. The number of halogens is 20. The van der Waals surface area contributed by atoms with Gasteiger partial charge in [-0.15, -0.1) is 0 Å². The van der Waals surface area contributed by atoms with Crippen LogP contribution >= 0.6 is 0 Å². The van der Waals surface area contributed by atoms with Gasteiger partial charge in [0.25, 0.3) is 0 Å². The number of allylic oxidation sites excluding steroid dienone is 14. The standard InChI is InChI=1S/C72H38F20O2/c1-66(77)29-2-3-45(28-30-66)67(72(90,91)92,46-16-4-37(5-17-46)56-58(43-31-48(68(78,79)80)35-49(32-43)69(81,82)83)62(41-12-24-54(75)25-13-41)64(93)60(56)39-8-20-52(73)21-9-39)47-18-6-38(7-19-47)57-59(44-33-50(70(84,85)86)36-51(34-44)71(87,88)89)63(42-14-26-55(76)27-15-42)65(94)61(57)40-10-22-53(74)23-11-40/h2-36H,1H3. The van der Waals surface area contributed by atoms with Crippen LogP contribution < -0.4 is 0 Å². The molecule has 0 saturated heterocycles. The highest BCUT2D eigenvalue weighted by Gasteiger charge is 2.59. The molecule has 0 aromatic heterocycles. The molecule has 0 spiro atoms. The van der Waals surface area contributed by atoms with Crippen LogP contribution in [0.5, 0.6) is 0 Å². The van der Waals surface area contributed by atoms with E-state index in [1.807, 2.05) is 0 Å². The van der Waals surface area contributed by atoms with Crippen molar-refractivity contribution in [1.82, 2.24) is 0 Å². The fourth-order valence-electron chi connectivity index (χ4n) is 11.8. The number of Topliss-reactive ketones (excluding diaryl/α,β-unsaturated/α-hetero) is 2. The molecule has 0 heterocycles. The quantitative estimate of drug-likeness (QED) is 0.121. The first kappa shape index (κ1) is 65.4. The minimum Gasteiger partial charge on any atom is -0.289 e. The van der Waals surface area contributed by atoms with Crippen LogP contribution in [0.25, 0.3) is 44.6 Å². The molecule has 1 unspecified atom stereocenters. The largest absolute Gasteiger partial charge is 0.416 e. The fraction of sp³-hybridized carbons (Fsp3) is 0.111. The number of hydrogen-bond donors (Lipinski definition) is 0. The van der Waals surface area contributed by atoms with Crippen molar-refractivity contribution < 1.29 is 97.4 Å². The Morgan fingerprint density at radius 1 is 0.298 bits per heavy atom. The molecule has 94 heavy (non-hydrogen) atoms. The number of carbonyl (C=O) groups is 2. The lowest BCUT2D eigenvalue weighted by molar-refractivity contribution is -0.166. The van der Waals surface area contributed by atoms with Gasteiger partial charge in [0, 0.05) is 44.6 Å². The Hall–Kier alpha value is -10.1. The Kier molecular flexibility index (Phi) is 16.3. The lowest BCUT2D eigenvalue weighted by Gasteiger charge is -2.38. The van der Waals surface area contributed by atoms with Crippen LogP contribution in [-0.4, -0.2) is 23.4 Å². The predicted molar refractivity (Wildman–Crippen MR) is 311 cm³/mol. The summed E-state index contributed by atoms with van der Waals surface area (Å²) in [4.78, 5) is 30.2. The second kappa shape index (κ2) is 23.5. The van der Waals surface area contributed by atoms with Gasteiger partial charge in [0.2, 0.25) is 0 Å². The smallest absolute Gasteiger partial charge is 0.289 e. The van der Waals surface area contributed by atoms with Crippen molar-refractivity contribution in [2.45, 2.75) is 48.9 Å². The van der Waals surface area contributed by atoms with Gasteiger partial charge in [-0.3, -0.25) is 9.59 Å². The summed E-state index contributed by atoms with van der Waals surface area (Å²) in [7, 11) is 0. The summed E-state index contributed by atoms with van der Waals surface area (Å²) in [5.74, 6) is -5.83. The SMILES string of the molecule is CC1(F)C=CC=C(C(c2ccc(C3=C(c4ccc(F)cc4)C(=O)C(c4ccc(F)cc4)=C3c3cc(C(F)(F)F)cc(C(F)(F)F)c3)cc2)(c2ccc(C3=C(c4ccc(F)cc4)C(=O)C(c4ccc(F)cc4)=C3c3cc(C(F)(F)F)cc(C(F)(F)F)c3)cc2)C(F)(F)F)C=C1. The van der Waals surface area contributed by atoms with Crippen LogP contribution in [0.2, 0.25) is 0 Å². The second-order valence-electron chi connectivity index (χ2n) is 22.1. The molecule has 3 aliphatic rings. The molecule has 0 N–H and O–H groups in total. The lowest BCUT2D eigenvalue weighted by Crippen LogP contribution is -2.45. The Morgan fingerprint density at radius 2 is 0.543 bits per heavy atom. The van der Waals surface area contributed by atoms with E-state index < -0.39 is 171 Å². The van der Waals surface area contributed by atoms with E-state index in [4.69, 9.17) is 0 Å². The maximum Gasteiger partial charge on any atom is 0.416 e. The van der Waals surface area contributed by atoms with Crippen LogP contribution in [0.4, 0.5) is 87.8 Å². The molecule has 22 heteroatoms.